The lowest BCUT2D eigenvalue weighted by Gasteiger charge is -2.29. The fourth-order valence-corrected chi connectivity index (χ4v) is 7.59. The molecule has 240 valence electrons. The fourth-order valence-electron chi connectivity index (χ4n) is 6.46. The molecular formula is C29H27F6N5O4S. The van der Waals surface area contributed by atoms with Crippen molar-refractivity contribution in [2.75, 3.05) is 26.2 Å². The Morgan fingerprint density at radius 3 is 2.42 bits per heavy atom. The summed E-state index contributed by atoms with van der Waals surface area (Å²) in [6, 6.07) is 4.18. The summed E-state index contributed by atoms with van der Waals surface area (Å²) < 4.78 is 85.9. The molecule has 2 unspecified atom stereocenters. The summed E-state index contributed by atoms with van der Waals surface area (Å²) in [7, 11) is 0. The van der Waals surface area contributed by atoms with Gasteiger partial charge in [-0.25, -0.2) is 9.78 Å². The van der Waals surface area contributed by atoms with E-state index in [2.05, 4.69) is 24.9 Å². The lowest BCUT2D eigenvalue weighted by Crippen LogP contribution is -2.45. The number of aryl methyl sites for hydroxylation is 1. The van der Waals surface area contributed by atoms with E-state index in [1.807, 2.05) is 0 Å². The van der Waals surface area contributed by atoms with Crippen LogP contribution in [0.25, 0.3) is 21.3 Å². The lowest BCUT2D eigenvalue weighted by molar-refractivity contribution is -0.209. The highest BCUT2D eigenvalue weighted by atomic mass is 32.1. The Morgan fingerprint density at radius 2 is 1.78 bits per heavy atom. The number of halogens is 6. The van der Waals surface area contributed by atoms with Crippen molar-refractivity contribution >= 4 is 39.3 Å². The number of carbonyl (C=O) groups excluding carboxylic acids is 3. The number of nitrogens with one attached hydrogen (secondary N) is 1. The molecule has 2 aliphatic heterocycles. The Bertz CT molecular complexity index is 1730. The number of hydrogen-bond donors (Lipinski definition) is 1. The normalized spacial score (nSPS) is 23.5. The minimum absolute atomic E-state index is 0.230. The molecule has 3 aromatic heterocycles. The number of aromatic nitrogens is 2. The maximum absolute atomic E-state index is 13.9. The van der Waals surface area contributed by atoms with Crippen molar-refractivity contribution in [2.24, 2.45) is 11.3 Å². The van der Waals surface area contributed by atoms with Crippen LogP contribution in [0.2, 0.25) is 0 Å². The number of likely N-dealkylation sites (tertiary alicyclic amines) is 1. The zero-order chi connectivity index (χ0) is 32.7. The van der Waals surface area contributed by atoms with Gasteiger partial charge in [-0.2, -0.15) is 26.3 Å². The van der Waals surface area contributed by atoms with Gasteiger partial charge in [-0.1, -0.05) is 13.8 Å². The zero-order valence-electron chi connectivity index (χ0n) is 24.2. The van der Waals surface area contributed by atoms with E-state index in [1.54, 1.807) is 12.1 Å². The number of rotatable bonds is 6. The molecule has 16 heteroatoms. The van der Waals surface area contributed by atoms with E-state index in [4.69, 9.17) is 0 Å². The number of thiophene rings is 1. The molecule has 1 N–H and O–H groups in total. The number of esters is 1. The molecule has 5 heterocycles. The molecule has 0 radical (unpaired) electrons. The molecule has 0 bridgehead atoms. The van der Waals surface area contributed by atoms with Crippen molar-refractivity contribution < 1.29 is 45.5 Å². The summed E-state index contributed by atoms with van der Waals surface area (Å²) in [5.74, 6) is -5.66. The molecule has 3 aromatic rings. The third-order valence-corrected chi connectivity index (χ3v) is 9.99. The van der Waals surface area contributed by atoms with Gasteiger partial charge in [0.05, 0.1) is 22.7 Å². The van der Waals surface area contributed by atoms with Crippen molar-refractivity contribution in [1.29, 1.82) is 0 Å². The lowest BCUT2D eigenvalue weighted by atomic mass is 9.97. The maximum atomic E-state index is 13.9. The van der Waals surface area contributed by atoms with Crippen molar-refractivity contribution in [3.05, 3.63) is 46.2 Å². The number of amides is 2. The summed E-state index contributed by atoms with van der Waals surface area (Å²) in [5.41, 5.74) is -2.62. The summed E-state index contributed by atoms with van der Waals surface area (Å²) in [4.78, 5) is 49.8. The highest BCUT2D eigenvalue weighted by molar-refractivity contribution is 7.19. The molecule has 0 aromatic carbocycles. The van der Waals surface area contributed by atoms with Crippen LogP contribution in [0.1, 0.15) is 35.7 Å². The van der Waals surface area contributed by atoms with Gasteiger partial charge in [0.25, 0.3) is 5.91 Å². The van der Waals surface area contributed by atoms with Gasteiger partial charge in [0, 0.05) is 60.5 Å². The van der Waals surface area contributed by atoms with Gasteiger partial charge in [0.1, 0.15) is 5.69 Å². The summed E-state index contributed by atoms with van der Waals surface area (Å²) in [6.45, 7) is 7.19. The van der Waals surface area contributed by atoms with E-state index in [0.29, 0.717) is 51.4 Å². The maximum Gasteiger partial charge on any atom is 0.490 e. The molecule has 9 nitrogen and oxygen atoms in total. The largest absolute Gasteiger partial charge is 0.490 e. The second-order valence-corrected chi connectivity index (χ2v) is 13.1. The predicted octanol–water partition coefficient (Wildman–Crippen LogP) is 4.46. The average molecular weight is 656 g/mol. The first-order valence-electron chi connectivity index (χ1n) is 14.0. The Kier molecular flexibility index (Phi) is 7.28. The second kappa shape index (κ2) is 10.5. The molecule has 2 saturated heterocycles. The number of pyridine rings is 2. The summed E-state index contributed by atoms with van der Waals surface area (Å²) in [6.07, 6.45) is -8.61. The number of imide groups is 1. The number of nitrogens with zero attached hydrogens (tertiary/aromatic N) is 4. The number of fused-ring (bicyclic) bond motifs is 2. The Labute approximate surface area is 256 Å². The molecule has 1 saturated carbocycles. The van der Waals surface area contributed by atoms with E-state index in [9.17, 15) is 40.7 Å². The number of piperidine rings is 1. The predicted molar refractivity (Wildman–Crippen MR) is 148 cm³/mol. The third-order valence-electron chi connectivity index (χ3n) is 8.84. The van der Waals surface area contributed by atoms with Crippen molar-refractivity contribution in [2.45, 2.75) is 51.8 Å². The van der Waals surface area contributed by atoms with E-state index < -0.39 is 52.8 Å². The van der Waals surface area contributed by atoms with E-state index in [-0.39, 0.29) is 12.2 Å². The second-order valence-electron chi connectivity index (χ2n) is 11.9. The SMILES string of the molecule is Cc1nc(C(F)(F)F)cc(-c2ccnc3cc(CN4C(=O)C5C(C)(C)C5(OC(=O)C(F)(F)F)C4=O)sc23)c1CN1CCNCC1. The third kappa shape index (κ3) is 5.06. The minimum Gasteiger partial charge on any atom is -0.441 e. The van der Waals surface area contributed by atoms with Crippen LogP contribution in [-0.4, -0.2) is 75.5 Å². The van der Waals surface area contributed by atoms with Crippen molar-refractivity contribution in [3.8, 4) is 11.1 Å². The van der Waals surface area contributed by atoms with Gasteiger partial charge in [-0.05, 0) is 36.2 Å². The molecule has 45 heavy (non-hydrogen) atoms. The molecule has 3 aliphatic rings. The van der Waals surface area contributed by atoms with Crippen LogP contribution in [0.3, 0.4) is 0 Å². The van der Waals surface area contributed by atoms with Crippen molar-refractivity contribution in [3.63, 3.8) is 0 Å². The highest BCUT2D eigenvalue weighted by Crippen LogP contribution is 2.69. The standard InChI is InChI=1S/C29H27F6N5O4S/c1-14-18(13-39-8-6-36-7-9-39)17(11-20(38-14)28(30,31)32)16-4-5-37-19-10-15(45-21(16)19)12-40-23(41)22-26(2,3)27(22,24(40)42)44-25(43)29(33,34)35/h4-5,10-11,22,36H,6-9,12-13H2,1-3H3. The zero-order valence-corrected chi connectivity index (χ0v) is 25.0. The molecule has 1 aliphatic carbocycles. The first kappa shape index (κ1) is 31.4. The first-order valence-corrected chi connectivity index (χ1v) is 14.8. The van der Waals surface area contributed by atoms with Gasteiger partial charge in [-0.3, -0.25) is 24.4 Å². The summed E-state index contributed by atoms with van der Waals surface area (Å²) >= 11 is 1.10. The van der Waals surface area contributed by atoms with Crippen LogP contribution in [0, 0.1) is 18.3 Å². The monoisotopic (exact) mass is 655 g/mol. The Balaban J connectivity index is 1.36. The number of piperazine rings is 1. The van der Waals surface area contributed by atoms with Gasteiger partial charge in [-0.15, -0.1) is 11.3 Å². The smallest absolute Gasteiger partial charge is 0.441 e. The molecular weight excluding hydrogens is 628 g/mol. The van der Waals surface area contributed by atoms with E-state index in [1.165, 1.54) is 27.0 Å². The quantitative estimate of drug-likeness (QED) is 0.236. The minimum atomic E-state index is -5.36. The molecule has 0 spiro atoms. The fraction of sp³-hybridized carbons (Fsp3) is 0.483. The van der Waals surface area contributed by atoms with Gasteiger partial charge in [0.2, 0.25) is 11.5 Å². The molecule has 2 atom stereocenters. The van der Waals surface area contributed by atoms with E-state index >= 15 is 0 Å². The van der Waals surface area contributed by atoms with Crippen LogP contribution in [-0.2, 0) is 38.4 Å². The Hall–Kier alpha value is -3.63. The van der Waals surface area contributed by atoms with Crippen LogP contribution < -0.4 is 5.32 Å². The van der Waals surface area contributed by atoms with Gasteiger partial charge < -0.3 is 10.1 Å². The Morgan fingerprint density at radius 1 is 1.09 bits per heavy atom. The van der Waals surface area contributed by atoms with Gasteiger partial charge >= 0.3 is 18.3 Å². The highest BCUT2D eigenvalue weighted by Gasteiger charge is 2.88. The molecule has 2 amide bonds. The topological polar surface area (TPSA) is 105 Å². The van der Waals surface area contributed by atoms with Gasteiger partial charge in [0.15, 0.2) is 0 Å². The number of carbonyl (C=O) groups is 3. The summed E-state index contributed by atoms with van der Waals surface area (Å²) in [5, 5.41) is 3.24. The van der Waals surface area contributed by atoms with Crippen LogP contribution in [0.15, 0.2) is 24.4 Å². The average Bonchev–Trinajstić information content (AvgIpc) is 3.18. The van der Waals surface area contributed by atoms with Crippen LogP contribution in [0.4, 0.5) is 26.3 Å². The number of hydrogen-bond acceptors (Lipinski definition) is 9. The van der Waals surface area contributed by atoms with Crippen molar-refractivity contribution in [1.82, 2.24) is 25.1 Å². The number of ether oxygens (including phenoxy) is 1. The first-order chi connectivity index (χ1) is 21.0. The van der Waals surface area contributed by atoms with E-state index in [0.717, 1.165) is 35.4 Å². The molecule has 6 rings (SSSR count). The molecule has 3 fully saturated rings. The number of alkyl halides is 6. The van der Waals surface area contributed by atoms with Crippen LogP contribution >= 0.6 is 11.3 Å². The van der Waals surface area contributed by atoms with Crippen LogP contribution in [0.5, 0.6) is 0 Å².